The molecule has 2 heterocycles. The predicted octanol–water partition coefficient (Wildman–Crippen LogP) is 2.86. The zero-order valence-corrected chi connectivity index (χ0v) is 9.93. The molecule has 82 valence electrons. The summed E-state index contributed by atoms with van der Waals surface area (Å²) in [6.07, 6.45) is 2.61. The average molecular weight is 223 g/mol. The largest absolute Gasteiger partial charge is 0.300 e. The van der Waals surface area contributed by atoms with Crippen molar-refractivity contribution in [2.45, 2.75) is 32.2 Å². The van der Waals surface area contributed by atoms with Gasteiger partial charge in [-0.25, -0.2) is 0 Å². The van der Waals surface area contributed by atoms with Gasteiger partial charge in [0.2, 0.25) is 0 Å². The highest BCUT2D eigenvalue weighted by Gasteiger charge is 2.23. The van der Waals surface area contributed by atoms with Crippen LogP contribution >= 0.6 is 11.3 Å². The van der Waals surface area contributed by atoms with E-state index in [1.54, 1.807) is 0 Å². The van der Waals surface area contributed by atoms with Crippen molar-refractivity contribution in [1.29, 1.82) is 0 Å². The van der Waals surface area contributed by atoms with Crippen LogP contribution < -0.4 is 0 Å². The number of ketones is 1. The Bertz CT molecular complexity index is 310. The minimum Gasteiger partial charge on any atom is -0.300 e. The standard InChI is InChI=1S/C12H17NOS/c1-2-11(12-4-3-9-15-12)13-7-5-10(14)6-8-13/h3-4,9,11H,2,5-8H2,1H3. The lowest BCUT2D eigenvalue weighted by atomic mass is 10.0. The summed E-state index contributed by atoms with van der Waals surface area (Å²) < 4.78 is 0. The highest BCUT2D eigenvalue weighted by Crippen LogP contribution is 2.29. The first-order valence-electron chi connectivity index (χ1n) is 5.60. The van der Waals surface area contributed by atoms with Crippen LogP contribution in [0.25, 0.3) is 0 Å². The third kappa shape index (κ3) is 2.47. The molecule has 2 nitrogen and oxygen atoms in total. The van der Waals surface area contributed by atoms with Crippen LogP contribution in [0.2, 0.25) is 0 Å². The summed E-state index contributed by atoms with van der Waals surface area (Å²) >= 11 is 1.82. The summed E-state index contributed by atoms with van der Waals surface area (Å²) in [6.45, 7) is 4.10. The minimum atomic E-state index is 0.423. The number of hydrogen-bond acceptors (Lipinski definition) is 3. The van der Waals surface area contributed by atoms with E-state index in [-0.39, 0.29) is 0 Å². The number of nitrogens with zero attached hydrogens (tertiary/aromatic N) is 1. The molecule has 0 saturated carbocycles. The first kappa shape index (κ1) is 10.8. The molecular formula is C12H17NOS. The van der Waals surface area contributed by atoms with Crippen molar-refractivity contribution in [3.05, 3.63) is 22.4 Å². The second-order valence-electron chi connectivity index (χ2n) is 4.01. The van der Waals surface area contributed by atoms with E-state index < -0.39 is 0 Å². The Kier molecular flexibility index (Phi) is 3.54. The molecule has 1 saturated heterocycles. The van der Waals surface area contributed by atoms with E-state index in [4.69, 9.17) is 0 Å². The number of thiophene rings is 1. The molecule has 0 N–H and O–H groups in total. The number of rotatable bonds is 3. The molecule has 0 aliphatic carbocycles. The van der Waals surface area contributed by atoms with E-state index in [1.165, 1.54) is 4.88 Å². The van der Waals surface area contributed by atoms with Crippen molar-refractivity contribution in [2.75, 3.05) is 13.1 Å². The highest BCUT2D eigenvalue weighted by molar-refractivity contribution is 7.10. The lowest BCUT2D eigenvalue weighted by Gasteiger charge is -2.32. The van der Waals surface area contributed by atoms with Crippen LogP contribution in [0.1, 0.15) is 37.1 Å². The topological polar surface area (TPSA) is 20.3 Å². The van der Waals surface area contributed by atoms with Crippen LogP contribution in [0.3, 0.4) is 0 Å². The third-order valence-electron chi connectivity index (χ3n) is 3.05. The van der Waals surface area contributed by atoms with E-state index in [2.05, 4.69) is 29.3 Å². The fourth-order valence-corrected chi connectivity index (χ4v) is 3.15. The number of carbonyl (C=O) groups excluding carboxylic acids is 1. The Morgan fingerprint density at radius 3 is 2.73 bits per heavy atom. The van der Waals surface area contributed by atoms with Gasteiger partial charge in [-0.1, -0.05) is 13.0 Å². The van der Waals surface area contributed by atoms with Gasteiger partial charge in [0, 0.05) is 36.9 Å². The summed E-state index contributed by atoms with van der Waals surface area (Å²) in [7, 11) is 0. The zero-order chi connectivity index (χ0) is 10.7. The van der Waals surface area contributed by atoms with Crippen LogP contribution in [-0.2, 0) is 4.79 Å². The summed E-state index contributed by atoms with van der Waals surface area (Å²) in [5, 5.41) is 2.13. The first-order chi connectivity index (χ1) is 7.31. The summed E-state index contributed by atoms with van der Waals surface area (Å²) in [5.74, 6) is 0.423. The first-order valence-corrected chi connectivity index (χ1v) is 6.48. The molecule has 0 spiro atoms. The van der Waals surface area contributed by atoms with Crippen molar-refractivity contribution in [3.63, 3.8) is 0 Å². The van der Waals surface area contributed by atoms with Crippen molar-refractivity contribution >= 4 is 17.1 Å². The fraction of sp³-hybridized carbons (Fsp3) is 0.583. The lowest BCUT2D eigenvalue weighted by Crippen LogP contribution is -2.36. The normalized spacial score (nSPS) is 20.5. The maximum Gasteiger partial charge on any atom is 0.135 e. The van der Waals surface area contributed by atoms with Gasteiger partial charge in [-0.2, -0.15) is 0 Å². The molecule has 1 aromatic rings. The van der Waals surface area contributed by atoms with Gasteiger partial charge in [0.25, 0.3) is 0 Å². The number of hydrogen-bond donors (Lipinski definition) is 0. The average Bonchev–Trinajstić information content (AvgIpc) is 2.75. The molecule has 0 aromatic carbocycles. The molecule has 1 fully saturated rings. The van der Waals surface area contributed by atoms with Gasteiger partial charge in [-0.05, 0) is 17.9 Å². The monoisotopic (exact) mass is 223 g/mol. The fourth-order valence-electron chi connectivity index (χ4n) is 2.21. The van der Waals surface area contributed by atoms with Crippen LogP contribution in [0.4, 0.5) is 0 Å². The van der Waals surface area contributed by atoms with Crippen LogP contribution in [-0.4, -0.2) is 23.8 Å². The van der Waals surface area contributed by atoms with E-state index in [0.29, 0.717) is 11.8 Å². The summed E-state index contributed by atoms with van der Waals surface area (Å²) in [5.41, 5.74) is 0. The van der Waals surface area contributed by atoms with Crippen LogP contribution in [0, 0.1) is 0 Å². The molecule has 1 atom stereocenters. The molecule has 1 unspecified atom stereocenters. The SMILES string of the molecule is CCC(c1cccs1)N1CCC(=O)CC1. The third-order valence-corrected chi connectivity index (χ3v) is 4.03. The van der Waals surface area contributed by atoms with Gasteiger partial charge in [-0.3, -0.25) is 9.69 Å². The van der Waals surface area contributed by atoms with Crippen molar-refractivity contribution in [1.82, 2.24) is 4.90 Å². The predicted molar refractivity (Wildman–Crippen MR) is 63.2 cm³/mol. The highest BCUT2D eigenvalue weighted by atomic mass is 32.1. The maximum atomic E-state index is 11.2. The summed E-state index contributed by atoms with van der Waals surface area (Å²) in [4.78, 5) is 15.1. The number of likely N-dealkylation sites (tertiary alicyclic amines) is 1. The molecule has 15 heavy (non-hydrogen) atoms. The second kappa shape index (κ2) is 4.90. The molecule has 0 bridgehead atoms. The number of Topliss-reactive ketones (excluding diaryl/α,β-unsaturated/α-hetero) is 1. The lowest BCUT2D eigenvalue weighted by molar-refractivity contribution is -0.121. The van der Waals surface area contributed by atoms with Gasteiger partial charge in [0.05, 0.1) is 0 Å². The van der Waals surface area contributed by atoms with Crippen LogP contribution in [0.15, 0.2) is 17.5 Å². The van der Waals surface area contributed by atoms with E-state index in [0.717, 1.165) is 32.4 Å². The molecule has 0 amide bonds. The van der Waals surface area contributed by atoms with Gasteiger partial charge < -0.3 is 0 Å². The molecular weight excluding hydrogens is 206 g/mol. The van der Waals surface area contributed by atoms with Crippen molar-refractivity contribution in [3.8, 4) is 0 Å². The molecule has 1 aliphatic heterocycles. The maximum absolute atomic E-state index is 11.2. The Morgan fingerprint density at radius 1 is 1.47 bits per heavy atom. The van der Waals surface area contributed by atoms with Crippen LogP contribution in [0.5, 0.6) is 0 Å². The number of piperidine rings is 1. The van der Waals surface area contributed by atoms with Gasteiger partial charge in [0.15, 0.2) is 0 Å². The van der Waals surface area contributed by atoms with E-state index in [9.17, 15) is 4.79 Å². The van der Waals surface area contributed by atoms with Gasteiger partial charge >= 0.3 is 0 Å². The quantitative estimate of drug-likeness (QED) is 0.785. The van der Waals surface area contributed by atoms with Gasteiger partial charge in [0.1, 0.15) is 5.78 Å². The van der Waals surface area contributed by atoms with Gasteiger partial charge in [-0.15, -0.1) is 11.3 Å². The molecule has 3 heteroatoms. The van der Waals surface area contributed by atoms with Crippen molar-refractivity contribution in [2.24, 2.45) is 0 Å². The Balaban J connectivity index is 2.04. The zero-order valence-electron chi connectivity index (χ0n) is 9.11. The Hall–Kier alpha value is -0.670. The van der Waals surface area contributed by atoms with E-state index in [1.807, 2.05) is 11.3 Å². The molecule has 1 aromatic heterocycles. The Labute approximate surface area is 94.9 Å². The molecule has 1 aliphatic rings. The molecule has 2 rings (SSSR count). The Morgan fingerprint density at radius 2 is 2.20 bits per heavy atom. The second-order valence-corrected chi connectivity index (χ2v) is 4.99. The number of carbonyl (C=O) groups is 1. The smallest absolute Gasteiger partial charge is 0.135 e. The van der Waals surface area contributed by atoms with E-state index >= 15 is 0 Å². The summed E-state index contributed by atoms with van der Waals surface area (Å²) in [6, 6.07) is 4.84. The van der Waals surface area contributed by atoms with Crippen molar-refractivity contribution < 1.29 is 4.79 Å². The minimum absolute atomic E-state index is 0.423. The molecule has 0 radical (unpaired) electrons.